The van der Waals surface area contributed by atoms with Crippen LogP contribution in [0.3, 0.4) is 0 Å². The quantitative estimate of drug-likeness (QED) is 0.0738. The van der Waals surface area contributed by atoms with Gasteiger partial charge in [-0.25, -0.2) is 9.97 Å². The van der Waals surface area contributed by atoms with Gasteiger partial charge in [0.15, 0.2) is 0 Å². The molecular weight excluding hydrogens is 821 g/mol. The highest BCUT2D eigenvalue weighted by atomic mass is 32.1. The number of hydrogen-bond donors (Lipinski definition) is 3. The van der Waals surface area contributed by atoms with Crippen molar-refractivity contribution >= 4 is 45.6 Å². The van der Waals surface area contributed by atoms with Gasteiger partial charge in [0.05, 0.1) is 60.3 Å². The maximum atomic E-state index is 13.9. The number of pyridine rings is 1. The van der Waals surface area contributed by atoms with Crippen LogP contribution < -0.4 is 20.3 Å². The van der Waals surface area contributed by atoms with Gasteiger partial charge in [-0.2, -0.15) is 0 Å². The number of nitrogens with one attached hydrogen (secondary N) is 2. The molecule has 1 saturated heterocycles. The molecule has 3 amide bonds. The molecule has 15 heteroatoms. The summed E-state index contributed by atoms with van der Waals surface area (Å²) >= 11 is 1.59. The molecule has 0 saturated carbocycles. The summed E-state index contributed by atoms with van der Waals surface area (Å²) in [7, 11) is 4.02. The molecule has 6 rings (SSSR count). The summed E-state index contributed by atoms with van der Waals surface area (Å²) in [6, 6.07) is 24.5. The third-order valence-corrected chi connectivity index (χ3v) is 11.7. The van der Waals surface area contributed by atoms with E-state index in [1.165, 1.54) is 0 Å². The monoisotopic (exact) mass is 880 g/mol. The first-order valence-corrected chi connectivity index (χ1v) is 22.2. The van der Waals surface area contributed by atoms with Gasteiger partial charge in [-0.05, 0) is 72.7 Å². The number of fused-ring (bicyclic) bond motifs is 1. The summed E-state index contributed by atoms with van der Waals surface area (Å²) in [5.41, 5.74) is 8.14. The minimum absolute atomic E-state index is 0.0620. The van der Waals surface area contributed by atoms with E-state index in [0.29, 0.717) is 31.7 Å². The number of likely N-dealkylation sites (tertiary alicyclic amines) is 1. The predicted octanol–water partition coefficient (Wildman–Crippen LogP) is 6.03. The molecule has 3 heterocycles. The Kier molecular flexibility index (Phi) is 16.6. The maximum Gasteiger partial charge on any atom is 0.246 e. The summed E-state index contributed by atoms with van der Waals surface area (Å²) in [6.07, 6.45) is 0.412. The number of aryl methyl sites for hydroxylation is 1. The summed E-state index contributed by atoms with van der Waals surface area (Å²) < 4.78 is 22.5. The largest absolute Gasteiger partial charge is 0.491 e. The number of benzene rings is 3. The van der Waals surface area contributed by atoms with E-state index in [-0.39, 0.29) is 58.1 Å². The van der Waals surface area contributed by atoms with Crippen LogP contribution in [0.1, 0.15) is 44.9 Å². The lowest BCUT2D eigenvalue weighted by Crippen LogP contribution is -2.58. The van der Waals surface area contributed by atoms with Gasteiger partial charge in [0, 0.05) is 43.8 Å². The number of aliphatic hydroxyl groups is 1. The van der Waals surface area contributed by atoms with Gasteiger partial charge < -0.3 is 44.5 Å². The molecule has 1 aliphatic rings. The highest BCUT2D eigenvalue weighted by molar-refractivity contribution is 7.13. The van der Waals surface area contributed by atoms with Crippen LogP contribution in [0.25, 0.3) is 32.6 Å². The summed E-state index contributed by atoms with van der Waals surface area (Å²) in [4.78, 5) is 54.1. The van der Waals surface area contributed by atoms with Gasteiger partial charge in [-0.1, -0.05) is 63.2 Å². The predicted molar refractivity (Wildman–Crippen MR) is 246 cm³/mol. The number of carbonyl (C=O) groups is 3. The summed E-state index contributed by atoms with van der Waals surface area (Å²) in [6.45, 7) is 9.20. The Morgan fingerprint density at radius 1 is 0.905 bits per heavy atom. The lowest BCUT2D eigenvalue weighted by Gasteiger charge is -2.35. The Hall–Kier alpha value is -5.45. The molecule has 336 valence electrons. The molecule has 0 aliphatic carbocycles. The summed E-state index contributed by atoms with van der Waals surface area (Å²) in [5, 5.41) is 17.2. The van der Waals surface area contributed by atoms with Crippen LogP contribution in [-0.2, 0) is 35.1 Å². The molecule has 3 atom stereocenters. The second-order valence-corrected chi connectivity index (χ2v) is 17.8. The molecule has 14 nitrogen and oxygen atoms in total. The van der Waals surface area contributed by atoms with Crippen molar-refractivity contribution < 1.29 is 38.4 Å². The molecule has 0 radical (unpaired) electrons. The van der Waals surface area contributed by atoms with Crippen LogP contribution in [0.4, 0.5) is 5.69 Å². The van der Waals surface area contributed by atoms with Crippen LogP contribution in [0.5, 0.6) is 5.75 Å². The fourth-order valence-corrected chi connectivity index (χ4v) is 8.04. The molecule has 1 fully saturated rings. The van der Waals surface area contributed by atoms with Crippen molar-refractivity contribution in [2.45, 2.75) is 65.3 Å². The molecule has 3 N–H and O–H groups in total. The van der Waals surface area contributed by atoms with Crippen LogP contribution in [-0.4, -0.2) is 123 Å². The Bertz CT molecular complexity index is 2280. The highest BCUT2D eigenvalue weighted by Crippen LogP contribution is 2.29. The lowest BCUT2D eigenvalue weighted by atomic mass is 9.85. The zero-order chi connectivity index (χ0) is 44.9. The van der Waals surface area contributed by atoms with E-state index in [1.54, 1.807) is 16.2 Å². The fourth-order valence-electron chi connectivity index (χ4n) is 7.23. The second-order valence-electron chi connectivity index (χ2n) is 16.9. The van der Waals surface area contributed by atoms with E-state index in [4.69, 9.17) is 23.9 Å². The number of carbonyl (C=O) groups excluding carboxylic acids is 3. The smallest absolute Gasteiger partial charge is 0.246 e. The number of ether oxygens (including phenoxy) is 4. The van der Waals surface area contributed by atoms with Crippen molar-refractivity contribution in [3.05, 3.63) is 95.6 Å². The number of anilines is 1. The minimum Gasteiger partial charge on any atom is -0.491 e. The fraction of sp³-hybridized carbons (Fsp3) is 0.438. The van der Waals surface area contributed by atoms with Gasteiger partial charge in [0.2, 0.25) is 17.7 Å². The zero-order valence-electron chi connectivity index (χ0n) is 37.1. The first-order chi connectivity index (χ1) is 30.3. The number of aliphatic hydroxyl groups excluding tert-OH is 1. The molecule has 63 heavy (non-hydrogen) atoms. The first-order valence-electron chi connectivity index (χ1n) is 21.4. The topological polar surface area (TPSA) is 165 Å². The van der Waals surface area contributed by atoms with E-state index >= 15 is 0 Å². The molecule has 2 aromatic heterocycles. The van der Waals surface area contributed by atoms with E-state index in [1.807, 2.05) is 102 Å². The average Bonchev–Trinajstić information content (AvgIpc) is 3.95. The van der Waals surface area contributed by atoms with Crippen LogP contribution >= 0.6 is 11.3 Å². The normalized spacial score (nSPS) is 15.0. The third-order valence-electron chi connectivity index (χ3n) is 10.8. The van der Waals surface area contributed by atoms with Crippen molar-refractivity contribution in [3.8, 4) is 27.4 Å². The SMILES string of the molecule is Cc1ncsc1-c1ccc(CNC(=O)[C@@H]2CCCN2C(=O)C(NC(=O)COCCOCCOCC(O)COc2ccc3nc(-c4ccc(N(C)C)cc4)ccc3c2)C(C)(C)C)cc1. The van der Waals surface area contributed by atoms with Crippen molar-refractivity contribution in [1.82, 2.24) is 25.5 Å². The van der Waals surface area contributed by atoms with Crippen molar-refractivity contribution in [3.63, 3.8) is 0 Å². The average molecular weight is 881 g/mol. The molecule has 0 spiro atoms. The van der Waals surface area contributed by atoms with E-state index in [9.17, 15) is 19.5 Å². The number of amides is 3. The molecule has 3 aromatic carbocycles. The van der Waals surface area contributed by atoms with Crippen molar-refractivity contribution in [2.75, 3.05) is 71.8 Å². The van der Waals surface area contributed by atoms with Gasteiger partial charge in [-0.3, -0.25) is 14.4 Å². The lowest BCUT2D eigenvalue weighted by molar-refractivity contribution is -0.144. The van der Waals surface area contributed by atoms with Crippen molar-refractivity contribution in [2.24, 2.45) is 5.41 Å². The first kappa shape index (κ1) is 47.0. The van der Waals surface area contributed by atoms with Gasteiger partial charge in [0.25, 0.3) is 0 Å². The number of hydrogen-bond acceptors (Lipinski definition) is 12. The Morgan fingerprint density at radius 2 is 1.62 bits per heavy atom. The molecular formula is C48H60N6O8S. The zero-order valence-corrected chi connectivity index (χ0v) is 37.9. The van der Waals surface area contributed by atoms with E-state index < -0.39 is 29.5 Å². The molecule has 1 aliphatic heterocycles. The second kappa shape index (κ2) is 22.3. The van der Waals surface area contributed by atoms with Crippen LogP contribution in [0.2, 0.25) is 0 Å². The van der Waals surface area contributed by atoms with Gasteiger partial charge >= 0.3 is 0 Å². The number of aromatic nitrogens is 2. The van der Waals surface area contributed by atoms with Crippen molar-refractivity contribution in [1.29, 1.82) is 0 Å². The van der Waals surface area contributed by atoms with Gasteiger partial charge in [-0.15, -0.1) is 11.3 Å². The minimum atomic E-state index is -0.852. The molecule has 5 aromatic rings. The number of nitrogens with zero attached hydrogens (tertiary/aromatic N) is 4. The molecule has 2 unspecified atom stereocenters. The van der Waals surface area contributed by atoms with Crippen LogP contribution in [0.15, 0.2) is 84.4 Å². The molecule has 0 bridgehead atoms. The third kappa shape index (κ3) is 13.3. The van der Waals surface area contributed by atoms with Crippen LogP contribution in [0, 0.1) is 12.3 Å². The standard InChI is InChI=1S/C48H60N6O8S/c1-32-44(63-31-50-32)35-11-9-33(10-12-35)27-49-46(57)42-8-7-21-54(42)47(58)45(48(2,3)4)52-43(56)30-61-25-23-59-22-24-60-28-38(55)29-62-39-18-20-41-36(26-39)15-19-40(51-41)34-13-16-37(17-14-34)53(5)6/h9-20,26,31,38,42,45,55H,7-8,21-25,27-30H2,1-6H3,(H,49,57)(H,52,56)/t38?,42-,45?/m0/s1. The number of rotatable bonds is 21. The summed E-state index contributed by atoms with van der Waals surface area (Å²) in [5.74, 6) is -0.313. The van der Waals surface area contributed by atoms with Gasteiger partial charge in [0.1, 0.15) is 37.2 Å². The Morgan fingerprint density at radius 3 is 2.32 bits per heavy atom. The maximum absolute atomic E-state index is 13.9. The highest BCUT2D eigenvalue weighted by Gasteiger charge is 2.41. The number of thiazole rings is 1. The van der Waals surface area contributed by atoms with E-state index in [2.05, 4.69) is 44.8 Å². The van der Waals surface area contributed by atoms with E-state index in [0.717, 1.165) is 49.5 Å². The Labute approximate surface area is 373 Å². The Balaban J connectivity index is 0.836.